The Labute approximate surface area is 429 Å². The molecule has 0 saturated carbocycles. The molecule has 0 fully saturated rings. The summed E-state index contributed by atoms with van der Waals surface area (Å²) in [5.74, 6) is 1.67. The predicted octanol–water partition coefficient (Wildman–Crippen LogP) is 11.7. The fourth-order valence-electron chi connectivity index (χ4n) is 4.96. The van der Waals surface area contributed by atoms with Crippen LogP contribution in [0.1, 0.15) is 102 Å². The van der Waals surface area contributed by atoms with Gasteiger partial charge < -0.3 is 0 Å². The van der Waals surface area contributed by atoms with Gasteiger partial charge in [-0.25, -0.2) is 39.9 Å². The number of pyridine rings is 3. The Morgan fingerprint density at radius 1 is 0.292 bits per heavy atom. The molecule has 9 aromatic rings. The van der Waals surface area contributed by atoms with E-state index in [4.69, 9.17) is 0 Å². The molecule has 378 valence electrons. The molecular weight excluding hydrogens is 895 g/mol. The van der Waals surface area contributed by atoms with Gasteiger partial charge in [0, 0.05) is 90.4 Å². The Balaban J connectivity index is 0.000000405. The summed E-state index contributed by atoms with van der Waals surface area (Å²) in [6.07, 6.45) is 23.0. The Kier molecular flexibility index (Phi) is 30.9. The van der Waals surface area contributed by atoms with Crippen molar-refractivity contribution in [3.8, 4) is 0 Å². The fraction of sp³-hybridized carbons (Fsp3) is 0.316. The Hall–Kier alpha value is -8.07. The zero-order valence-electron chi connectivity index (χ0n) is 45.8. The third kappa shape index (κ3) is 31.1. The van der Waals surface area contributed by atoms with Gasteiger partial charge in [-0.1, -0.05) is 12.1 Å². The van der Waals surface area contributed by atoms with Crippen molar-refractivity contribution in [3.63, 3.8) is 0 Å². The third-order valence-electron chi connectivity index (χ3n) is 9.59. The highest BCUT2D eigenvalue weighted by Gasteiger charge is 1.90. The van der Waals surface area contributed by atoms with Gasteiger partial charge in [0.2, 0.25) is 0 Å². The molecular formula is C57H75N15. The fourth-order valence-corrected chi connectivity index (χ4v) is 4.96. The SMILES string of the molecule is Cc1cc(C)ncn1.Cc1cccnc1C.Cc1ccnc(C)n1.Cc1ccncc1C.Cc1ccnnc1C.Cc1cnc(C)nc1.Cc1cncc(C)c1.Cc1cncnc1C.Cc1cnnc(C)c1. The molecule has 15 nitrogen and oxygen atoms in total. The zero-order chi connectivity index (χ0) is 53.8. The van der Waals surface area contributed by atoms with Crippen molar-refractivity contribution in [1.82, 2.24) is 75.2 Å². The van der Waals surface area contributed by atoms with E-state index in [1.807, 2.05) is 190 Å². The van der Waals surface area contributed by atoms with Crippen LogP contribution in [0.2, 0.25) is 0 Å². The third-order valence-corrected chi connectivity index (χ3v) is 9.59. The average Bonchev–Trinajstić information content (AvgIpc) is 3.33. The highest BCUT2D eigenvalue weighted by molar-refractivity contribution is 5.19. The average molecular weight is 970 g/mol. The lowest BCUT2D eigenvalue weighted by Crippen LogP contribution is -1.86. The summed E-state index contributed by atoms with van der Waals surface area (Å²) < 4.78 is 0. The molecule has 9 heterocycles. The molecule has 0 unspecified atom stereocenters. The summed E-state index contributed by atoms with van der Waals surface area (Å²) in [7, 11) is 0. The molecule has 72 heavy (non-hydrogen) atoms. The van der Waals surface area contributed by atoms with E-state index in [-0.39, 0.29) is 0 Å². The van der Waals surface area contributed by atoms with Crippen molar-refractivity contribution < 1.29 is 0 Å². The molecule has 0 radical (unpaired) electrons. The smallest absolute Gasteiger partial charge is 0.125 e. The lowest BCUT2D eigenvalue weighted by atomic mass is 10.2. The summed E-state index contributed by atoms with van der Waals surface area (Å²) in [4.78, 5) is 43.6. The highest BCUT2D eigenvalue weighted by Crippen LogP contribution is 2.02. The topological polar surface area (TPSA) is 193 Å². The molecule has 15 heteroatoms. The van der Waals surface area contributed by atoms with Crippen LogP contribution in [-0.4, -0.2) is 75.2 Å². The molecule has 9 aromatic heterocycles. The van der Waals surface area contributed by atoms with Crippen molar-refractivity contribution in [2.24, 2.45) is 0 Å². The summed E-state index contributed by atoms with van der Waals surface area (Å²) >= 11 is 0. The van der Waals surface area contributed by atoms with E-state index in [2.05, 4.69) is 108 Å². The van der Waals surface area contributed by atoms with Crippen LogP contribution in [0.4, 0.5) is 0 Å². The first-order valence-corrected chi connectivity index (χ1v) is 23.3. The van der Waals surface area contributed by atoms with Crippen LogP contribution in [0, 0.1) is 125 Å². The number of hydrogen-bond acceptors (Lipinski definition) is 15. The van der Waals surface area contributed by atoms with Crippen LogP contribution in [0.5, 0.6) is 0 Å². The van der Waals surface area contributed by atoms with E-state index in [1.165, 1.54) is 33.4 Å². The maximum atomic E-state index is 4.08. The van der Waals surface area contributed by atoms with Gasteiger partial charge in [0.1, 0.15) is 24.3 Å². The molecule has 0 aliphatic carbocycles. The molecule has 0 aliphatic heterocycles. The molecule has 0 saturated heterocycles. The van der Waals surface area contributed by atoms with E-state index in [1.54, 1.807) is 31.2 Å². The highest BCUT2D eigenvalue weighted by atomic mass is 15.1. The quantitative estimate of drug-likeness (QED) is 0.139. The molecule has 0 amide bonds. The van der Waals surface area contributed by atoms with E-state index in [0.29, 0.717) is 0 Å². The Morgan fingerprint density at radius 2 is 0.889 bits per heavy atom. The normalized spacial score (nSPS) is 9.25. The maximum absolute atomic E-state index is 4.08. The summed E-state index contributed by atoms with van der Waals surface area (Å²) in [6, 6.07) is 15.9. The number of rotatable bonds is 0. The minimum Gasteiger partial charge on any atom is -0.264 e. The van der Waals surface area contributed by atoms with Gasteiger partial charge in [-0.2, -0.15) is 20.4 Å². The Morgan fingerprint density at radius 3 is 1.24 bits per heavy atom. The first kappa shape index (κ1) is 61.9. The number of nitrogens with zero attached hydrogens (tertiary/aromatic N) is 15. The molecule has 0 N–H and O–H groups in total. The van der Waals surface area contributed by atoms with Crippen LogP contribution in [-0.2, 0) is 0 Å². The van der Waals surface area contributed by atoms with Crippen molar-refractivity contribution in [1.29, 1.82) is 0 Å². The monoisotopic (exact) mass is 970 g/mol. The van der Waals surface area contributed by atoms with Gasteiger partial charge in [0.25, 0.3) is 0 Å². The minimum atomic E-state index is 0.829. The summed E-state index contributed by atoms with van der Waals surface area (Å²) in [6.45, 7) is 35.7. The molecule has 0 atom stereocenters. The largest absolute Gasteiger partial charge is 0.264 e. The number of hydrogen-bond donors (Lipinski definition) is 0. The van der Waals surface area contributed by atoms with E-state index < -0.39 is 0 Å². The van der Waals surface area contributed by atoms with E-state index in [0.717, 1.165) is 68.2 Å². The molecule has 0 aromatic carbocycles. The van der Waals surface area contributed by atoms with E-state index >= 15 is 0 Å². The van der Waals surface area contributed by atoms with Gasteiger partial charge >= 0.3 is 0 Å². The summed E-state index contributed by atoms with van der Waals surface area (Å²) in [5, 5.41) is 15.0. The minimum absolute atomic E-state index is 0.829. The molecule has 0 bridgehead atoms. The summed E-state index contributed by atoms with van der Waals surface area (Å²) in [5.41, 5.74) is 18.1. The van der Waals surface area contributed by atoms with Gasteiger partial charge in [-0.05, 0) is 211 Å². The van der Waals surface area contributed by atoms with Gasteiger partial charge in [-0.3, -0.25) is 15.0 Å². The van der Waals surface area contributed by atoms with Crippen molar-refractivity contribution in [2.75, 3.05) is 0 Å². The standard InChI is InChI=1S/3C7H9N.6C6H8N2/c1-6-3-7(2)5-8-4-6;1-6-3-4-8-5-7(6)2;1-6-4-3-5-8-7(6)2;1-5-3-7-4-8-6(5)2;1-5-3-6(2)8-4-7-5;1-5-3-7-6(2)8-4-5;1-5-3-6(2)8-7-4-5;1-5-3-4-7-6(2)8-5;1-5-3-4-7-8-6(5)2/h3*3-5H,1-2H3;6*3-4H,1-2H3. The van der Waals surface area contributed by atoms with Gasteiger partial charge in [-0.15, -0.1) is 0 Å². The van der Waals surface area contributed by atoms with Crippen molar-refractivity contribution in [3.05, 3.63) is 231 Å². The first-order valence-electron chi connectivity index (χ1n) is 23.3. The van der Waals surface area contributed by atoms with Crippen molar-refractivity contribution >= 4 is 0 Å². The second-order valence-corrected chi connectivity index (χ2v) is 16.7. The second kappa shape index (κ2) is 36.0. The lowest BCUT2D eigenvalue weighted by Gasteiger charge is -1.92. The molecule has 0 aliphatic rings. The zero-order valence-corrected chi connectivity index (χ0v) is 45.8. The van der Waals surface area contributed by atoms with Gasteiger partial charge in [0.15, 0.2) is 0 Å². The predicted molar refractivity (Wildman–Crippen MR) is 290 cm³/mol. The Bertz CT molecular complexity index is 2350. The lowest BCUT2D eigenvalue weighted by molar-refractivity contribution is 0.961. The molecule has 9 rings (SSSR count). The number of aromatic nitrogens is 15. The van der Waals surface area contributed by atoms with E-state index in [9.17, 15) is 0 Å². The molecule has 0 spiro atoms. The van der Waals surface area contributed by atoms with Crippen LogP contribution in [0.3, 0.4) is 0 Å². The second-order valence-electron chi connectivity index (χ2n) is 16.7. The van der Waals surface area contributed by atoms with Crippen LogP contribution in [0.15, 0.2) is 129 Å². The van der Waals surface area contributed by atoms with Crippen LogP contribution < -0.4 is 0 Å². The van der Waals surface area contributed by atoms with Crippen molar-refractivity contribution in [2.45, 2.75) is 125 Å². The van der Waals surface area contributed by atoms with Gasteiger partial charge in [0.05, 0.1) is 17.6 Å². The first-order chi connectivity index (χ1) is 34.2. The maximum Gasteiger partial charge on any atom is 0.125 e. The van der Waals surface area contributed by atoms with Crippen LogP contribution in [0.25, 0.3) is 0 Å². The number of aryl methyl sites for hydroxylation is 18. The van der Waals surface area contributed by atoms with Crippen LogP contribution >= 0.6 is 0 Å².